The number of carbonyl (C=O) groups excluding carboxylic acids is 1. The minimum absolute atomic E-state index is 0.0225. The molecule has 0 bridgehead atoms. The molecule has 0 aliphatic rings. The molecule has 0 saturated heterocycles. The van der Waals surface area contributed by atoms with Gasteiger partial charge in [0.05, 0.1) is 28.5 Å². The molecule has 0 unspecified atom stereocenters. The predicted molar refractivity (Wildman–Crippen MR) is 134 cm³/mol. The molecule has 8 heteroatoms. The molecule has 8 nitrogen and oxygen atoms in total. The van der Waals surface area contributed by atoms with Crippen LogP contribution in [0.25, 0.3) is 0 Å². The first kappa shape index (κ1) is 27.2. The lowest BCUT2D eigenvalue weighted by atomic mass is 10.1. The Balaban J connectivity index is 2.23. The summed E-state index contributed by atoms with van der Waals surface area (Å²) in [5.41, 5.74) is 5.00. The largest absolute Gasteiger partial charge is 0.454 e. The van der Waals surface area contributed by atoms with E-state index in [4.69, 9.17) is 4.74 Å². The van der Waals surface area contributed by atoms with Gasteiger partial charge in [-0.3, -0.25) is 4.98 Å². The highest BCUT2D eigenvalue weighted by Gasteiger charge is 2.23. The van der Waals surface area contributed by atoms with Crippen LogP contribution < -0.4 is 0 Å². The van der Waals surface area contributed by atoms with Gasteiger partial charge < -0.3 is 4.74 Å². The third-order valence-corrected chi connectivity index (χ3v) is 5.94. The zero-order chi connectivity index (χ0) is 26.0. The maximum absolute atomic E-state index is 12.8. The second kappa shape index (κ2) is 10.1. The van der Waals surface area contributed by atoms with Gasteiger partial charge in [-0.2, -0.15) is 0 Å². The smallest absolute Gasteiger partial charge is 0.359 e. The van der Waals surface area contributed by atoms with Gasteiger partial charge in [0.2, 0.25) is 0 Å². The summed E-state index contributed by atoms with van der Waals surface area (Å²) in [5, 5.41) is 0. The number of rotatable bonds is 5. The lowest BCUT2D eigenvalue weighted by Crippen LogP contribution is -2.31. The number of carbonyl (C=O) groups is 1. The highest BCUT2D eigenvalue weighted by Crippen LogP contribution is 2.14. The van der Waals surface area contributed by atoms with Crippen LogP contribution in [-0.4, -0.2) is 72.7 Å². The molecule has 0 N–H and O–H groups in total. The summed E-state index contributed by atoms with van der Waals surface area (Å²) in [5.74, 6) is -0.522. The molecule has 0 aliphatic carbocycles. The van der Waals surface area contributed by atoms with Crippen LogP contribution >= 0.6 is 0 Å². The van der Waals surface area contributed by atoms with Crippen LogP contribution in [-0.2, 0) is 11.3 Å². The quantitative estimate of drug-likeness (QED) is 0.379. The molecule has 0 aromatic carbocycles. The molecule has 2 aromatic rings. The molecule has 0 saturated carbocycles. The maximum Gasteiger partial charge on any atom is 0.359 e. The lowest BCUT2D eigenvalue weighted by molar-refractivity contribution is -0.566. The Morgan fingerprint density at radius 2 is 1.18 bits per heavy atom. The van der Waals surface area contributed by atoms with Gasteiger partial charge >= 0.3 is 5.97 Å². The van der Waals surface area contributed by atoms with Crippen molar-refractivity contribution in [2.75, 3.05) is 14.1 Å². The Labute approximate surface area is 203 Å². The molecule has 0 fully saturated rings. The highest BCUT2D eigenvalue weighted by molar-refractivity contribution is 5.89. The molecule has 0 aliphatic heterocycles. The van der Waals surface area contributed by atoms with Crippen LogP contribution in [0.2, 0.25) is 0 Å². The Kier molecular flexibility index (Phi) is 8.06. The van der Waals surface area contributed by atoms with Crippen molar-refractivity contribution >= 4 is 18.4 Å². The van der Waals surface area contributed by atoms with E-state index < -0.39 is 5.97 Å². The minimum atomic E-state index is -0.522. The number of nitrogens with zero attached hydrogens (tertiary/aromatic N) is 6. The van der Waals surface area contributed by atoms with Gasteiger partial charge in [0.25, 0.3) is 0 Å². The van der Waals surface area contributed by atoms with Crippen LogP contribution in [0.5, 0.6) is 0 Å². The van der Waals surface area contributed by atoms with Gasteiger partial charge in [-0.15, -0.1) is 0 Å². The van der Waals surface area contributed by atoms with E-state index >= 15 is 0 Å². The SMILES string of the molecule is Cc1nc(COC(=O)c2nc(C)c(C=[N+](C)C(C)(C)C)nc2C)c(C)nc1C=[N+](C)C(C)(C)C. The summed E-state index contributed by atoms with van der Waals surface area (Å²) in [6.45, 7) is 20.2. The van der Waals surface area contributed by atoms with E-state index in [2.05, 4.69) is 70.6 Å². The van der Waals surface area contributed by atoms with E-state index in [1.165, 1.54) is 0 Å². The van der Waals surface area contributed by atoms with E-state index in [1.54, 1.807) is 6.92 Å². The number of aromatic nitrogens is 4. The first-order chi connectivity index (χ1) is 15.5. The minimum Gasteiger partial charge on any atom is -0.454 e. The van der Waals surface area contributed by atoms with Gasteiger partial charge in [-0.1, -0.05) is 0 Å². The standard InChI is InChI=1S/C26H40N6O2/c1-16-20(13-31(11)25(5,6)7)27-18(3)22(28-16)15-34-24(33)23-19(4)29-21(17(2)30-23)14-32(12)26(8,9)10/h13-14H,15H2,1-12H3/q+2. The molecule has 0 radical (unpaired) electrons. The zero-order valence-corrected chi connectivity index (χ0v) is 22.9. The molecular formula is C26H40N6O2+2. The van der Waals surface area contributed by atoms with Crippen LogP contribution in [0.1, 0.15) is 91.9 Å². The third kappa shape index (κ3) is 6.74. The van der Waals surface area contributed by atoms with Crippen LogP contribution in [0, 0.1) is 27.7 Å². The van der Waals surface area contributed by atoms with Gasteiger partial charge in [0, 0.05) is 0 Å². The first-order valence-electron chi connectivity index (χ1n) is 11.5. The molecular weight excluding hydrogens is 428 g/mol. The molecule has 0 spiro atoms. The highest BCUT2D eigenvalue weighted by atomic mass is 16.5. The van der Waals surface area contributed by atoms with Crippen LogP contribution in [0.15, 0.2) is 0 Å². The van der Waals surface area contributed by atoms with Crippen molar-refractivity contribution < 1.29 is 18.7 Å². The fourth-order valence-electron chi connectivity index (χ4n) is 2.82. The zero-order valence-electron chi connectivity index (χ0n) is 22.9. The average Bonchev–Trinajstić information content (AvgIpc) is 2.70. The fraction of sp³-hybridized carbons (Fsp3) is 0.577. The van der Waals surface area contributed by atoms with E-state index in [-0.39, 0.29) is 23.4 Å². The van der Waals surface area contributed by atoms with E-state index in [1.807, 2.05) is 47.3 Å². The number of hydrogen-bond acceptors (Lipinski definition) is 6. The van der Waals surface area contributed by atoms with E-state index in [0.29, 0.717) is 17.1 Å². The topological polar surface area (TPSA) is 83.9 Å². The molecule has 2 rings (SSSR count). The molecule has 34 heavy (non-hydrogen) atoms. The molecule has 2 heterocycles. The summed E-state index contributed by atoms with van der Waals surface area (Å²) in [4.78, 5) is 31.2. The molecule has 184 valence electrons. The first-order valence-corrected chi connectivity index (χ1v) is 11.5. The molecule has 2 aromatic heterocycles. The predicted octanol–water partition coefficient (Wildman–Crippen LogP) is 3.58. The normalized spacial score (nSPS) is 13.3. The van der Waals surface area contributed by atoms with Gasteiger partial charge in [0.1, 0.15) is 32.1 Å². The van der Waals surface area contributed by atoms with Crippen molar-refractivity contribution in [2.45, 2.75) is 86.9 Å². The van der Waals surface area contributed by atoms with Crippen molar-refractivity contribution in [1.29, 1.82) is 0 Å². The van der Waals surface area contributed by atoms with Crippen molar-refractivity contribution in [3.63, 3.8) is 0 Å². The number of hydrogen-bond donors (Lipinski definition) is 0. The Bertz CT molecular complexity index is 1150. The summed E-state index contributed by atoms with van der Waals surface area (Å²) >= 11 is 0. The van der Waals surface area contributed by atoms with Gasteiger partial charge in [-0.25, -0.2) is 28.9 Å². The van der Waals surface area contributed by atoms with Crippen LogP contribution in [0.3, 0.4) is 0 Å². The van der Waals surface area contributed by atoms with E-state index in [0.717, 1.165) is 22.8 Å². The van der Waals surface area contributed by atoms with Crippen molar-refractivity contribution in [3.8, 4) is 0 Å². The Morgan fingerprint density at radius 1 is 0.735 bits per heavy atom. The maximum atomic E-state index is 12.8. The van der Waals surface area contributed by atoms with E-state index in [9.17, 15) is 4.79 Å². The summed E-state index contributed by atoms with van der Waals surface area (Å²) in [7, 11) is 4.01. The third-order valence-electron chi connectivity index (χ3n) is 5.94. The summed E-state index contributed by atoms with van der Waals surface area (Å²) in [6, 6.07) is 0. The monoisotopic (exact) mass is 468 g/mol. The van der Waals surface area contributed by atoms with Gasteiger partial charge in [-0.05, 0) is 69.2 Å². The van der Waals surface area contributed by atoms with Crippen molar-refractivity contribution in [3.05, 3.63) is 45.6 Å². The average molecular weight is 469 g/mol. The number of ether oxygens (including phenoxy) is 1. The van der Waals surface area contributed by atoms with Crippen molar-refractivity contribution in [2.24, 2.45) is 0 Å². The second-order valence-electron chi connectivity index (χ2n) is 10.8. The molecule has 0 atom stereocenters. The second-order valence-corrected chi connectivity index (χ2v) is 10.8. The molecule has 0 amide bonds. The Hall–Kier alpha value is -3.03. The summed E-state index contributed by atoms with van der Waals surface area (Å²) in [6.07, 6.45) is 3.93. The number of aryl methyl sites for hydroxylation is 4. The van der Waals surface area contributed by atoms with Crippen LogP contribution in [0.4, 0.5) is 0 Å². The lowest BCUT2D eigenvalue weighted by Gasteiger charge is -2.15. The fourth-order valence-corrected chi connectivity index (χ4v) is 2.82. The van der Waals surface area contributed by atoms with Crippen molar-refractivity contribution in [1.82, 2.24) is 19.9 Å². The number of esters is 1. The Morgan fingerprint density at radius 3 is 1.65 bits per heavy atom. The van der Waals surface area contributed by atoms with Gasteiger partial charge in [0.15, 0.2) is 29.2 Å². The summed E-state index contributed by atoms with van der Waals surface area (Å²) < 4.78 is 9.73.